The van der Waals surface area contributed by atoms with Crippen molar-refractivity contribution in [2.45, 2.75) is 0 Å². The lowest BCUT2D eigenvalue weighted by molar-refractivity contribution is 0.604. The summed E-state index contributed by atoms with van der Waals surface area (Å²) in [6.45, 7) is 0. The van der Waals surface area contributed by atoms with Crippen LogP contribution in [0.25, 0.3) is 0 Å². The van der Waals surface area contributed by atoms with Gasteiger partial charge < -0.3 is 0 Å². The van der Waals surface area contributed by atoms with E-state index in [4.69, 9.17) is 7.85 Å². The first-order valence-electron chi connectivity index (χ1n) is 3.41. The molecule has 6 heteroatoms. The van der Waals surface area contributed by atoms with Crippen LogP contribution in [-0.4, -0.2) is 22.5 Å². The minimum atomic E-state index is -3.46. The molecule has 0 amide bonds. The minimum Gasteiger partial charge on any atom is -0.281 e. The molecule has 0 saturated carbocycles. The van der Waals surface area contributed by atoms with Gasteiger partial charge in [0.15, 0.2) is 0 Å². The molecule has 0 aliphatic heterocycles. The standard InChI is InChI=1S/C7H7BFNO2S/c1-13(11,12)10-7-4-5(8)2-3-6(7)9/h2-4,10H,1H3. The Labute approximate surface area is 77.4 Å². The van der Waals surface area contributed by atoms with E-state index in [0.29, 0.717) is 5.46 Å². The monoisotopic (exact) mass is 199 g/mol. The van der Waals surface area contributed by atoms with Crippen LogP contribution in [0.15, 0.2) is 18.2 Å². The molecule has 1 aromatic carbocycles. The van der Waals surface area contributed by atoms with Crippen molar-refractivity contribution < 1.29 is 12.8 Å². The summed E-state index contributed by atoms with van der Waals surface area (Å²) in [7, 11) is 1.88. The second-order valence-electron chi connectivity index (χ2n) is 2.61. The van der Waals surface area contributed by atoms with Crippen LogP contribution in [-0.2, 0) is 10.0 Å². The van der Waals surface area contributed by atoms with Crippen molar-refractivity contribution in [3.63, 3.8) is 0 Å². The number of hydrogen-bond acceptors (Lipinski definition) is 2. The second kappa shape index (κ2) is 3.37. The van der Waals surface area contributed by atoms with Gasteiger partial charge in [-0.05, 0) is 12.1 Å². The minimum absolute atomic E-state index is 0.137. The average molecular weight is 199 g/mol. The third kappa shape index (κ3) is 3.06. The second-order valence-corrected chi connectivity index (χ2v) is 4.36. The van der Waals surface area contributed by atoms with Gasteiger partial charge in [0, 0.05) is 0 Å². The van der Waals surface area contributed by atoms with Crippen LogP contribution >= 0.6 is 0 Å². The normalized spacial score (nSPS) is 11.2. The molecule has 68 valence electrons. The number of benzene rings is 1. The van der Waals surface area contributed by atoms with Crippen LogP contribution in [0, 0.1) is 5.82 Å². The topological polar surface area (TPSA) is 46.2 Å². The highest BCUT2D eigenvalue weighted by molar-refractivity contribution is 7.92. The lowest BCUT2D eigenvalue weighted by atomic mass is 9.96. The Morgan fingerprint density at radius 2 is 2.08 bits per heavy atom. The van der Waals surface area contributed by atoms with Gasteiger partial charge >= 0.3 is 0 Å². The molecule has 0 bridgehead atoms. The maximum Gasteiger partial charge on any atom is 0.229 e. The first-order valence-corrected chi connectivity index (χ1v) is 5.30. The number of hydrogen-bond donors (Lipinski definition) is 1. The van der Waals surface area contributed by atoms with E-state index < -0.39 is 15.8 Å². The SMILES string of the molecule is [B]c1ccc(F)c(NS(C)(=O)=O)c1. The van der Waals surface area contributed by atoms with E-state index in [-0.39, 0.29) is 5.69 Å². The van der Waals surface area contributed by atoms with Crippen molar-refractivity contribution in [2.75, 3.05) is 11.0 Å². The maximum atomic E-state index is 12.9. The summed E-state index contributed by atoms with van der Waals surface area (Å²) in [6.07, 6.45) is 0.940. The number of sulfonamides is 1. The summed E-state index contributed by atoms with van der Waals surface area (Å²) in [6, 6.07) is 3.67. The van der Waals surface area contributed by atoms with Crippen molar-refractivity contribution in [1.29, 1.82) is 0 Å². The van der Waals surface area contributed by atoms with Gasteiger partial charge in [0.25, 0.3) is 0 Å². The van der Waals surface area contributed by atoms with Crippen LogP contribution in [0.2, 0.25) is 0 Å². The molecular formula is C7H7BFNO2S. The highest BCUT2D eigenvalue weighted by Gasteiger charge is 2.06. The zero-order valence-corrected chi connectivity index (χ0v) is 7.73. The van der Waals surface area contributed by atoms with Crippen molar-refractivity contribution in [1.82, 2.24) is 0 Å². The molecule has 3 nitrogen and oxygen atoms in total. The van der Waals surface area contributed by atoms with Crippen LogP contribution in [0.5, 0.6) is 0 Å². The summed E-state index contributed by atoms with van der Waals surface area (Å²) in [5.74, 6) is -0.653. The Morgan fingerprint density at radius 1 is 1.46 bits per heavy atom. The van der Waals surface area contributed by atoms with Gasteiger partial charge in [0.2, 0.25) is 10.0 Å². The van der Waals surface area contributed by atoms with Crippen molar-refractivity contribution in [3.8, 4) is 0 Å². The molecule has 1 aromatic rings. The molecule has 0 aromatic heterocycles. The fourth-order valence-corrected chi connectivity index (χ4v) is 1.38. The van der Waals surface area contributed by atoms with Crippen LogP contribution in [0.1, 0.15) is 0 Å². The lowest BCUT2D eigenvalue weighted by Crippen LogP contribution is -2.13. The third-order valence-electron chi connectivity index (χ3n) is 1.29. The molecule has 2 radical (unpaired) electrons. The van der Waals surface area contributed by atoms with Gasteiger partial charge in [-0.1, -0.05) is 11.5 Å². The first-order chi connectivity index (χ1) is 5.88. The number of rotatable bonds is 2. The van der Waals surface area contributed by atoms with E-state index in [9.17, 15) is 12.8 Å². The molecule has 0 spiro atoms. The molecule has 0 unspecified atom stereocenters. The van der Waals surface area contributed by atoms with E-state index in [2.05, 4.69) is 0 Å². The van der Waals surface area contributed by atoms with Gasteiger partial charge in [0.1, 0.15) is 13.7 Å². The van der Waals surface area contributed by atoms with E-state index in [0.717, 1.165) is 12.3 Å². The quantitative estimate of drug-likeness (QED) is 0.681. The Hall–Kier alpha value is -1.04. The van der Waals surface area contributed by atoms with Crippen molar-refractivity contribution >= 4 is 29.0 Å². The van der Waals surface area contributed by atoms with Crippen LogP contribution in [0.4, 0.5) is 10.1 Å². The summed E-state index contributed by atoms with van der Waals surface area (Å²) in [5, 5.41) is 0. The van der Waals surface area contributed by atoms with Gasteiger partial charge in [-0.25, -0.2) is 12.8 Å². The van der Waals surface area contributed by atoms with Gasteiger partial charge in [-0.2, -0.15) is 0 Å². The molecule has 0 atom stereocenters. The Balaban J connectivity index is 3.08. The van der Waals surface area contributed by atoms with Gasteiger partial charge in [-0.15, -0.1) is 0 Å². The van der Waals surface area contributed by atoms with Crippen LogP contribution < -0.4 is 10.2 Å². The predicted octanol–water partition coefficient (Wildman–Crippen LogP) is -0.00900. The highest BCUT2D eigenvalue weighted by Crippen LogP contribution is 2.11. The summed E-state index contributed by atoms with van der Waals surface area (Å²) >= 11 is 0. The van der Waals surface area contributed by atoms with Gasteiger partial charge in [-0.3, -0.25) is 4.72 Å². The number of nitrogens with one attached hydrogen (secondary N) is 1. The number of anilines is 1. The lowest BCUT2D eigenvalue weighted by Gasteiger charge is -2.05. The zero-order valence-electron chi connectivity index (χ0n) is 6.91. The largest absolute Gasteiger partial charge is 0.281 e. The molecule has 13 heavy (non-hydrogen) atoms. The maximum absolute atomic E-state index is 12.9. The smallest absolute Gasteiger partial charge is 0.229 e. The van der Waals surface area contributed by atoms with E-state index in [1.54, 1.807) is 0 Å². The molecule has 0 aliphatic rings. The first kappa shape index (κ1) is 10.0. The average Bonchev–Trinajstić information content (AvgIpc) is 1.94. The molecule has 0 aliphatic carbocycles. The van der Waals surface area contributed by atoms with E-state index >= 15 is 0 Å². The molecule has 1 rings (SSSR count). The Bertz CT molecular complexity index is 419. The fourth-order valence-electron chi connectivity index (χ4n) is 0.821. The molecule has 0 fully saturated rings. The predicted molar refractivity (Wildman–Crippen MR) is 50.3 cm³/mol. The Kier molecular flexibility index (Phi) is 2.61. The molecule has 0 saturated heterocycles. The van der Waals surface area contributed by atoms with Crippen molar-refractivity contribution in [2.24, 2.45) is 0 Å². The summed E-state index contributed by atoms with van der Waals surface area (Å²) in [4.78, 5) is 0. The highest BCUT2D eigenvalue weighted by atomic mass is 32.2. The van der Waals surface area contributed by atoms with E-state index in [1.165, 1.54) is 12.1 Å². The third-order valence-corrected chi connectivity index (χ3v) is 1.88. The fraction of sp³-hybridized carbons (Fsp3) is 0.143. The number of halogens is 1. The van der Waals surface area contributed by atoms with Crippen LogP contribution in [0.3, 0.4) is 0 Å². The molecular weight excluding hydrogens is 192 g/mol. The van der Waals surface area contributed by atoms with Gasteiger partial charge in [0.05, 0.1) is 11.9 Å². The summed E-state index contributed by atoms with van der Waals surface area (Å²) in [5.41, 5.74) is 0.162. The summed E-state index contributed by atoms with van der Waals surface area (Å²) < 4.78 is 36.4. The molecule has 1 N–H and O–H groups in total. The van der Waals surface area contributed by atoms with Crippen molar-refractivity contribution in [3.05, 3.63) is 24.0 Å². The van der Waals surface area contributed by atoms with E-state index in [1.807, 2.05) is 4.72 Å². The molecule has 0 heterocycles. The zero-order chi connectivity index (χ0) is 10.1. The Morgan fingerprint density at radius 3 is 2.62 bits per heavy atom.